The summed E-state index contributed by atoms with van der Waals surface area (Å²) >= 11 is 4.94. The van der Waals surface area contributed by atoms with E-state index in [2.05, 4.69) is 44.9 Å². The van der Waals surface area contributed by atoms with Crippen LogP contribution in [-0.4, -0.2) is 238 Å². The highest BCUT2D eigenvalue weighted by atomic mass is 32.2. The van der Waals surface area contributed by atoms with Gasteiger partial charge in [0.1, 0.15) is 35.4 Å². The summed E-state index contributed by atoms with van der Waals surface area (Å²) in [4.78, 5) is 86.0. The van der Waals surface area contributed by atoms with Gasteiger partial charge in [-0.05, 0) is 92.5 Å². The summed E-state index contributed by atoms with van der Waals surface area (Å²) in [6, 6.07) is 16.9. The van der Waals surface area contributed by atoms with Crippen LogP contribution in [-0.2, 0) is 14.4 Å². The third-order valence-corrected chi connectivity index (χ3v) is 18.9. The lowest BCUT2D eigenvalue weighted by Gasteiger charge is -2.35. The number of carbonyl (C=O) groups is 6. The number of halogens is 1. The summed E-state index contributed by atoms with van der Waals surface area (Å²) in [5.41, 5.74) is 16.6. The summed E-state index contributed by atoms with van der Waals surface area (Å²) in [6.45, 7) is 14.7. The average molecular weight is 1370 g/mol. The molecule has 3 fully saturated rings. The highest BCUT2D eigenvalue weighted by Crippen LogP contribution is 2.28. The molecule has 9 heterocycles. The number of unbranched alkanes of at least 4 members (excludes halogenated alkanes) is 9. The van der Waals surface area contributed by atoms with Crippen LogP contribution in [0.15, 0.2) is 84.3 Å². The maximum atomic E-state index is 12.3. The van der Waals surface area contributed by atoms with Crippen molar-refractivity contribution in [2.24, 2.45) is 17.2 Å². The predicted octanol–water partition coefficient (Wildman–Crippen LogP) is 7.23. The Morgan fingerprint density at radius 2 is 0.677 bits per heavy atom. The Hall–Kier alpha value is -5.93. The number of ketones is 3. The number of primary amides is 3. The van der Waals surface area contributed by atoms with E-state index in [0.29, 0.717) is 73.3 Å². The first-order valence-corrected chi connectivity index (χ1v) is 35.8. The van der Waals surface area contributed by atoms with Gasteiger partial charge in [0.25, 0.3) is 0 Å². The molecule has 24 nitrogen and oxygen atoms in total. The molecule has 3 aliphatic rings. The van der Waals surface area contributed by atoms with E-state index in [1.807, 2.05) is 52.5 Å². The molecular weight excluding hydrogens is 1280 g/mol. The van der Waals surface area contributed by atoms with Crippen molar-refractivity contribution in [3.05, 3.63) is 87.8 Å². The highest BCUT2D eigenvalue weighted by Gasteiger charge is 2.25. The van der Waals surface area contributed by atoms with Crippen molar-refractivity contribution in [2.75, 3.05) is 124 Å². The highest BCUT2D eigenvalue weighted by molar-refractivity contribution is 7.93. The van der Waals surface area contributed by atoms with Gasteiger partial charge in [-0.25, -0.2) is 0 Å². The second-order valence-corrected chi connectivity index (χ2v) is 26.4. The number of nitrogens with two attached hydrogens (primary N) is 3. The molecule has 3 aliphatic heterocycles. The zero-order valence-corrected chi connectivity index (χ0v) is 56.5. The molecule has 9 N–H and O–H groups in total. The first-order chi connectivity index (χ1) is 45.0. The first kappa shape index (κ1) is 76.1. The van der Waals surface area contributed by atoms with Gasteiger partial charge in [-0.15, -0.1) is 34.0 Å². The molecule has 3 atom stereocenters. The first-order valence-electron chi connectivity index (χ1n) is 32.0. The summed E-state index contributed by atoms with van der Waals surface area (Å²) in [5, 5.41) is 46.3. The molecule has 0 aromatic carbocycles. The number of amides is 3. The molecule has 0 radical (unpaired) electrons. The van der Waals surface area contributed by atoms with E-state index >= 15 is 0 Å². The van der Waals surface area contributed by atoms with Gasteiger partial charge in [-0.1, -0.05) is 72.2 Å². The lowest BCUT2D eigenvalue weighted by molar-refractivity contribution is -0.127. The van der Waals surface area contributed by atoms with Crippen LogP contribution in [0.25, 0.3) is 31.9 Å². The van der Waals surface area contributed by atoms with Crippen LogP contribution >= 0.6 is 46.2 Å². The number of aliphatic hydroxyl groups excluding tert-OH is 3. The summed E-state index contributed by atoms with van der Waals surface area (Å²) in [5.74, 6) is 0.0717. The maximum absolute atomic E-state index is 12.3. The number of aliphatic hydroxyl groups is 3. The van der Waals surface area contributed by atoms with Gasteiger partial charge in [0.05, 0.1) is 14.6 Å². The van der Waals surface area contributed by atoms with Gasteiger partial charge in [-0.2, -0.15) is 3.89 Å². The third kappa shape index (κ3) is 28.1. The normalized spacial score (nSPS) is 16.2. The summed E-state index contributed by atoms with van der Waals surface area (Å²) in [7, 11) is 0. The van der Waals surface area contributed by atoms with Crippen LogP contribution in [0.4, 0.5) is 3.89 Å². The second kappa shape index (κ2) is 42.5. The van der Waals surface area contributed by atoms with E-state index in [0.717, 1.165) is 190 Å². The topological polar surface area (TPSA) is 339 Å². The number of carbonyl (C=O) groups excluding carboxylic acids is 6. The number of nitrogens with zero attached hydrogens (tertiary/aromatic N) is 9. The predicted molar refractivity (Wildman–Crippen MR) is 361 cm³/mol. The van der Waals surface area contributed by atoms with E-state index in [9.17, 15) is 48.0 Å². The Morgan fingerprint density at radius 3 is 0.903 bits per heavy atom. The quantitative estimate of drug-likeness (QED) is 0.0167. The van der Waals surface area contributed by atoms with Gasteiger partial charge in [0.15, 0.2) is 34.6 Å². The Kier molecular flexibility index (Phi) is 34.8. The minimum absolute atomic E-state index is 0.0378. The molecule has 29 heteroatoms. The lowest BCUT2D eigenvalue weighted by atomic mass is 10.1. The van der Waals surface area contributed by atoms with Crippen molar-refractivity contribution >= 4 is 81.2 Å². The molecule has 512 valence electrons. The fourth-order valence-corrected chi connectivity index (χ4v) is 12.7. The molecule has 6 aromatic heterocycles. The number of piperazine rings is 3. The number of rotatable bonds is 36. The zero-order chi connectivity index (χ0) is 66.7. The van der Waals surface area contributed by atoms with Crippen molar-refractivity contribution in [2.45, 2.75) is 115 Å². The van der Waals surface area contributed by atoms with E-state index < -0.39 is 36.0 Å². The number of hydrogen-bond acceptors (Lipinski definition) is 25. The molecule has 0 spiro atoms. The van der Waals surface area contributed by atoms with Gasteiger partial charge in [0.2, 0.25) is 17.7 Å². The molecule has 0 bridgehead atoms. The molecule has 6 aromatic rings. The van der Waals surface area contributed by atoms with E-state index in [1.54, 1.807) is 52.2 Å². The molecule has 3 saturated heterocycles. The van der Waals surface area contributed by atoms with Crippen molar-refractivity contribution in [3.63, 3.8) is 0 Å². The number of β-amino-alcohol motifs (C(OH)–C–C–N with tert-alkyl or cyclic N) is 3. The number of hydrogen-bond donors (Lipinski definition) is 6. The van der Waals surface area contributed by atoms with Crippen LogP contribution in [0.1, 0.15) is 128 Å². The standard InChI is InChI=1S/3C21H30N4O4S.CH3FS/c3*22-21(28)18(27)15-25-11-9-24(10-12-25)8-4-2-1-3-6-17(26)16-14-19(29-23-16)20-7-5-13-30-20;1-3-2/h3*5,7,13-14,18,27H,1-4,6,8-12,15H2,(H2,22,28);1H3/t2*18-;;/m10../s1. The third-order valence-electron chi connectivity index (χ3n) is 16.2. The fraction of sp³-hybridized carbons (Fsp3) is 0.578. The summed E-state index contributed by atoms with van der Waals surface area (Å²) in [6.07, 6.45) is 11.8. The fourth-order valence-electron chi connectivity index (χ4n) is 10.7. The lowest BCUT2D eigenvalue weighted by Crippen LogP contribution is -2.50. The van der Waals surface area contributed by atoms with Crippen LogP contribution in [0.2, 0.25) is 0 Å². The zero-order valence-electron chi connectivity index (χ0n) is 53.3. The Morgan fingerprint density at radius 1 is 0.441 bits per heavy atom. The minimum Gasteiger partial charge on any atom is -0.382 e. The number of Topliss-reactive ketones (excluding diaryl/α,β-unsaturated/α-hetero) is 3. The van der Waals surface area contributed by atoms with Gasteiger partial charge in [-0.3, -0.25) is 43.5 Å². The Labute approximate surface area is 560 Å². The molecular formula is C64H93FN12O12S4. The van der Waals surface area contributed by atoms with Crippen molar-refractivity contribution < 1.29 is 61.5 Å². The minimum atomic E-state index is -1.08. The summed E-state index contributed by atoms with van der Waals surface area (Å²) < 4.78 is 26.0. The molecule has 3 amide bonds. The number of aromatic nitrogens is 3. The van der Waals surface area contributed by atoms with E-state index in [-0.39, 0.29) is 29.5 Å². The Balaban J connectivity index is 0.000000216. The van der Waals surface area contributed by atoms with Crippen molar-refractivity contribution in [3.8, 4) is 31.9 Å². The van der Waals surface area contributed by atoms with Crippen LogP contribution in [0.5, 0.6) is 0 Å². The number of thiophene rings is 3. The average Bonchev–Trinajstić information content (AvgIpc) is 1.92. The molecule has 93 heavy (non-hydrogen) atoms. The smallest absolute Gasteiger partial charge is 0.247 e. The van der Waals surface area contributed by atoms with Crippen LogP contribution in [0.3, 0.4) is 0 Å². The second-order valence-electron chi connectivity index (χ2n) is 23.3. The van der Waals surface area contributed by atoms with Gasteiger partial charge >= 0.3 is 0 Å². The SMILES string of the molecule is CSF.NC(=O)C(O)CN1CCN(CCCCCCC(=O)c2cc(-c3cccs3)on2)CC1.NC(=O)[C@@H](O)CN1CCN(CCCCCCC(=O)c2cc(-c3cccs3)on2)CC1.NC(=O)[C@H](O)CN1CCN(CCCCCCC(=O)c2cc(-c3cccs3)on2)CC1. The molecule has 0 saturated carbocycles. The Bertz CT molecular complexity index is 2750. The van der Waals surface area contributed by atoms with Gasteiger partial charge in [0, 0.05) is 154 Å². The van der Waals surface area contributed by atoms with Crippen LogP contribution < -0.4 is 17.2 Å². The maximum Gasteiger partial charge on any atom is 0.247 e. The van der Waals surface area contributed by atoms with E-state index in [1.165, 1.54) is 6.26 Å². The molecule has 9 rings (SSSR count). The molecule has 1 unspecified atom stereocenters. The van der Waals surface area contributed by atoms with Crippen LogP contribution in [0, 0.1) is 0 Å². The van der Waals surface area contributed by atoms with Crippen molar-refractivity contribution in [1.29, 1.82) is 0 Å². The monoisotopic (exact) mass is 1370 g/mol. The molecule has 0 aliphatic carbocycles. The van der Waals surface area contributed by atoms with Gasteiger partial charge < -0.3 is 60.8 Å². The van der Waals surface area contributed by atoms with Crippen molar-refractivity contribution in [1.82, 2.24) is 44.9 Å². The van der Waals surface area contributed by atoms with E-state index in [4.69, 9.17) is 30.8 Å². The largest absolute Gasteiger partial charge is 0.382 e.